The zero-order valence-electron chi connectivity index (χ0n) is 20.3. The third kappa shape index (κ3) is 5.21. The highest BCUT2D eigenvalue weighted by atomic mass is 32.2. The first-order valence-corrected chi connectivity index (χ1v) is 14.9. The van der Waals surface area contributed by atoms with Gasteiger partial charge in [0, 0.05) is 29.7 Å². The summed E-state index contributed by atoms with van der Waals surface area (Å²) in [5.41, 5.74) is 3.09. The summed E-state index contributed by atoms with van der Waals surface area (Å²) in [6, 6.07) is 28.1. The normalized spacial score (nSPS) is 18.6. The Morgan fingerprint density at radius 2 is 1.54 bits per heavy atom. The van der Waals surface area contributed by atoms with Crippen LogP contribution in [0.2, 0.25) is 0 Å². The molecule has 0 unspecified atom stereocenters. The number of piperidine rings is 1. The van der Waals surface area contributed by atoms with Crippen LogP contribution in [0.1, 0.15) is 36.3 Å². The zero-order valence-corrected chi connectivity index (χ0v) is 22.0. The minimum Gasteiger partial charge on any atom is -0.303 e. The van der Waals surface area contributed by atoms with E-state index in [0.717, 1.165) is 26.1 Å². The number of hydrogen-bond acceptors (Lipinski definition) is 4. The molecule has 1 saturated heterocycles. The van der Waals surface area contributed by atoms with Crippen LogP contribution < -0.4 is 0 Å². The van der Waals surface area contributed by atoms with Gasteiger partial charge in [-0.05, 0) is 74.1 Å². The van der Waals surface area contributed by atoms with Crippen LogP contribution in [0.4, 0.5) is 0 Å². The van der Waals surface area contributed by atoms with Crippen LogP contribution in [0, 0.1) is 0 Å². The fraction of sp³-hybridized carbons (Fsp3) is 0.379. The molecule has 184 valence electrons. The largest absolute Gasteiger partial charge is 0.303 e. The van der Waals surface area contributed by atoms with Crippen LogP contribution >= 0.6 is 11.8 Å². The van der Waals surface area contributed by atoms with Crippen molar-refractivity contribution in [2.45, 2.75) is 40.4 Å². The highest BCUT2D eigenvalue weighted by Crippen LogP contribution is 2.49. The Kier molecular flexibility index (Phi) is 7.35. The average molecular weight is 507 g/mol. The van der Waals surface area contributed by atoms with Crippen LogP contribution in [0.15, 0.2) is 94.7 Å². The Morgan fingerprint density at radius 3 is 2.26 bits per heavy atom. The second-order valence-electron chi connectivity index (χ2n) is 9.90. The number of hydrogen-bond donors (Lipinski definition) is 0. The van der Waals surface area contributed by atoms with E-state index in [-0.39, 0.29) is 5.92 Å². The summed E-state index contributed by atoms with van der Waals surface area (Å²) in [5.74, 6) is 1.35. The van der Waals surface area contributed by atoms with E-state index in [4.69, 9.17) is 0 Å². The van der Waals surface area contributed by atoms with E-state index < -0.39 is 10.0 Å². The Bertz CT molecular complexity index is 1220. The molecular formula is C29H34N2O2S2. The second kappa shape index (κ2) is 10.5. The first-order valence-electron chi connectivity index (χ1n) is 12.5. The molecule has 0 aromatic heterocycles. The zero-order chi connectivity index (χ0) is 24.3. The molecule has 0 N–H and O–H groups in total. The van der Waals surface area contributed by atoms with Crippen LogP contribution in [0.5, 0.6) is 0 Å². The smallest absolute Gasteiger partial charge is 0.242 e. The van der Waals surface area contributed by atoms with E-state index >= 15 is 0 Å². The Hall–Kier alpha value is -2.12. The molecular weight excluding hydrogens is 472 g/mol. The summed E-state index contributed by atoms with van der Waals surface area (Å²) < 4.78 is 27.9. The van der Waals surface area contributed by atoms with Crippen LogP contribution in [-0.2, 0) is 15.4 Å². The number of rotatable bonds is 8. The van der Waals surface area contributed by atoms with Crippen molar-refractivity contribution < 1.29 is 8.42 Å². The molecule has 35 heavy (non-hydrogen) atoms. The van der Waals surface area contributed by atoms with Gasteiger partial charge >= 0.3 is 0 Å². The fourth-order valence-electron chi connectivity index (χ4n) is 5.55. The van der Waals surface area contributed by atoms with Gasteiger partial charge < -0.3 is 4.90 Å². The molecule has 0 bridgehead atoms. The SMILES string of the molecule is CN(C[C@H](CCN1CCC2(CC1)CSc1ccccc12)c1ccccc1)S(=O)(=O)c1ccccc1. The van der Waals surface area contributed by atoms with Crippen molar-refractivity contribution in [1.82, 2.24) is 9.21 Å². The van der Waals surface area contributed by atoms with Gasteiger partial charge in [0.2, 0.25) is 10.0 Å². The molecule has 1 spiro atoms. The summed E-state index contributed by atoms with van der Waals surface area (Å²) in [6.07, 6.45) is 3.35. The third-order valence-electron chi connectivity index (χ3n) is 7.77. The number of fused-ring (bicyclic) bond motifs is 2. The fourth-order valence-corrected chi connectivity index (χ4v) is 8.28. The van der Waals surface area contributed by atoms with Crippen LogP contribution in [0.3, 0.4) is 0 Å². The molecule has 0 amide bonds. The Balaban J connectivity index is 1.24. The molecule has 2 heterocycles. The quantitative estimate of drug-likeness (QED) is 0.398. The summed E-state index contributed by atoms with van der Waals surface area (Å²) in [4.78, 5) is 4.40. The van der Waals surface area contributed by atoms with E-state index in [0.29, 0.717) is 16.9 Å². The van der Waals surface area contributed by atoms with Crippen molar-refractivity contribution in [3.05, 3.63) is 96.1 Å². The predicted octanol–water partition coefficient (Wildman–Crippen LogP) is 5.62. The van der Waals surface area contributed by atoms with Crippen molar-refractivity contribution >= 4 is 21.8 Å². The van der Waals surface area contributed by atoms with E-state index in [1.54, 1.807) is 36.9 Å². The molecule has 0 radical (unpaired) electrons. The minimum absolute atomic E-state index is 0.151. The first kappa shape index (κ1) is 24.6. The van der Waals surface area contributed by atoms with Gasteiger partial charge in [-0.2, -0.15) is 0 Å². The van der Waals surface area contributed by atoms with Crippen molar-refractivity contribution in [3.63, 3.8) is 0 Å². The second-order valence-corrected chi connectivity index (χ2v) is 13.0. The highest BCUT2D eigenvalue weighted by Gasteiger charge is 2.41. The summed E-state index contributed by atoms with van der Waals surface area (Å²) in [6.45, 7) is 3.68. The lowest BCUT2D eigenvalue weighted by Crippen LogP contribution is -2.43. The standard InChI is InChI=1S/C29H34N2O2S2/c1-30(35(32,33)26-12-6-3-7-13-26)22-25(24-10-4-2-5-11-24)16-19-31-20-17-29(18-21-31)23-34-28-15-9-8-14-27(28)29/h2-15,25H,16-23H2,1H3/t25-/m0/s1. The number of nitrogens with zero attached hydrogens (tertiary/aromatic N) is 2. The van der Waals surface area contributed by atoms with Gasteiger partial charge in [0.25, 0.3) is 0 Å². The van der Waals surface area contributed by atoms with Gasteiger partial charge in [-0.3, -0.25) is 0 Å². The van der Waals surface area contributed by atoms with Gasteiger partial charge in [-0.25, -0.2) is 12.7 Å². The van der Waals surface area contributed by atoms with Gasteiger partial charge in [0.1, 0.15) is 0 Å². The molecule has 2 aliphatic rings. The van der Waals surface area contributed by atoms with Crippen molar-refractivity contribution in [1.29, 1.82) is 0 Å². The van der Waals surface area contributed by atoms with Crippen molar-refractivity contribution in [2.24, 2.45) is 0 Å². The summed E-state index contributed by atoms with van der Waals surface area (Å²) in [5, 5.41) is 0. The predicted molar refractivity (Wildman–Crippen MR) is 145 cm³/mol. The van der Waals surface area contributed by atoms with Gasteiger partial charge in [0.05, 0.1) is 4.90 Å². The van der Waals surface area contributed by atoms with E-state index in [1.807, 2.05) is 36.0 Å². The molecule has 0 saturated carbocycles. The molecule has 6 heteroatoms. The minimum atomic E-state index is -3.51. The van der Waals surface area contributed by atoms with E-state index in [9.17, 15) is 8.42 Å². The van der Waals surface area contributed by atoms with Gasteiger partial charge in [-0.1, -0.05) is 66.7 Å². The topological polar surface area (TPSA) is 40.6 Å². The van der Waals surface area contributed by atoms with E-state index in [2.05, 4.69) is 41.3 Å². The maximum atomic E-state index is 13.2. The monoisotopic (exact) mass is 506 g/mol. The van der Waals surface area contributed by atoms with Crippen LogP contribution in [-0.4, -0.2) is 56.6 Å². The number of sulfonamides is 1. The Labute approximate surface area is 214 Å². The number of benzene rings is 3. The number of thioether (sulfide) groups is 1. The molecule has 0 aliphatic carbocycles. The molecule has 1 atom stereocenters. The average Bonchev–Trinajstić information content (AvgIpc) is 3.26. The maximum Gasteiger partial charge on any atom is 0.242 e. The lowest BCUT2D eigenvalue weighted by Gasteiger charge is -2.40. The van der Waals surface area contributed by atoms with Gasteiger partial charge in [0.15, 0.2) is 0 Å². The molecule has 3 aromatic rings. The van der Waals surface area contributed by atoms with Crippen molar-refractivity contribution in [2.75, 3.05) is 39.0 Å². The van der Waals surface area contributed by atoms with Crippen molar-refractivity contribution in [3.8, 4) is 0 Å². The summed E-state index contributed by atoms with van der Waals surface area (Å²) in [7, 11) is -1.80. The molecule has 3 aromatic carbocycles. The third-order valence-corrected chi connectivity index (χ3v) is 11.0. The van der Waals surface area contributed by atoms with Crippen LogP contribution in [0.25, 0.3) is 0 Å². The van der Waals surface area contributed by atoms with E-state index in [1.165, 1.54) is 33.4 Å². The number of likely N-dealkylation sites (N-methyl/N-ethyl adjacent to an activating group) is 1. The molecule has 4 nitrogen and oxygen atoms in total. The number of likely N-dealkylation sites (tertiary alicyclic amines) is 1. The maximum absolute atomic E-state index is 13.2. The Morgan fingerprint density at radius 1 is 0.914 bits per heavy atom. The lowest BCUT2D eigenvalue weighted by atomic mass is 9.74. The summed E-state index contributed by atoms with van der Waals surface area (Å²) >= 11 is 2.02. The molecule has 1 fully saturated rings. The highest BCUT2D eigenvalue weighted by molar-refractivity contribution is 7.99. The lowest BCUT2D eigenvalue weighted by molar-refractivity contribution is 0.166. The van der Waals surface area contributed by atoms with Gasteiger partial charge in [-0.15, -0.1) is 11.8 Å². The first-order chi connectivity index (χ1) is 17.0. The molecule has 5 rings (SSSR count). The molecule has 2 aliphatic heterocycles.